The number of carbonyl (C=O) groups excluding carboxylic acids is 1. The summed E-state index contributed by atoms with van der Waals surface area (Å²) >= 11 is 1.56. The maximum absolute atomic E-state index is 12.3. The Morgan fingerprint density at radius 3 is 2.81 bits per heavy atom. The van der Waals surface area contributed by atoms with Gasteiger partial charge in [-0.3, -0.25) is 9.78 Å². The molecule has 0 saturated heterocycles. The van der Waals surface area contributed by atoms with Crippen molar-refractivity contribution in [2.75, 3.05) is 6.54 Å². The smallest absolute Gasteiger partial charge is 0.226 e. The van der Waals surface area contributed by atoms with E-state index >= 15 is 0 Å². The van der Waals surface area contributed by atoms with Crippen molar-refractivity contribution in [3.05, 3.63) is 75.4 Å². The Kier molecular flexibility index (Phi) is 5.39. The van der Waals surface area contributed by atoms with Gasteiger partial charge in [-0.2, -0.15) is 0 Å². The Labute approximate surface area is 191 Å². The molecule has 0 saturated carbocycles. The number of ether oxygens (including phenoxy) is 1. The molecule has 1 unspecified atom stereocenters. The highest BCUT2D eigenvalue weighted by Crippen LogP contribution is 2.40. The summed E-state index contributed by atoms with van der Waals surface area (Å²) in [4.78, 5) is 21.3. The number of thiazole rings is 1. The van der Waals surface area contributed by atoms with Gasteiger partial charge in [-0.1, -0.05) is 18.2 Å². The number of hydrogen-bond donors (Lipinski definition) is 1. The van der Waals surface area contributed by atoms with Crippen molar-refractivity contribution in [1.82, 2.24) is 15.3 Å². The summed E-state index contributed by atoms with van der Waals surface area (Å²) in [6, 6.07) is 14.9. The summed E-state index contributed by atoms with van der Waals surface area (Å²) in [7, 11) is 0. The van der Waals surface area contributed by atoms with Gasteiger partial charge in [-0.05, 0) is 61.7 Å². The molecule has 5 rings (SSSR count). The van der Waals surface area contributed by atoms with Crippen LogP contribution in [0.4, 0.5) is 0 Å². The Morgan fingerprint density at radius 1 is 1.12 bits per heavy atom. The minimum Gasteiger partial charge on any atom is -0.487 e. The normalized spacial score (nSPS) is 14.9. The van der Waals surface area contributed by atoms with E-state index in [1.165, 1.54) is 11.1 Å². The minimum atomic E-state index is -0.0727. The fourth-order valence-corrected chi connectivity index (χ4v) is 4.87. The van der Waals surface area contributed by atoms with Crippen LogP contribution < -0.4 is 10.1 Å². The van der Waals surface area contributed by atoms with E-state index in [9.17, 15) is 4.79 Å². The van der Waals surface area contributed by atoms with E-state index in [2.05, 4.69) is 58.6 Å². The molecule has 0 bridgehead atoms. The highest BCUT2D eigenvalue weighted by atomic mass is 32.1. The van der Waals surface area contributed by atoms with Crippen LogP contribution in [0, 0.1) is 20.8 Å². The summed E-state index contributed by atoms with van der Waals surface area (Å²) in [5.74, 6) is 0.896. The number of fused-ring (bicyclic) bond motifs is 2. The van der Waals surface area contributed by atoms with Gasteiger partial charge < -0.3 is 10.1 Å². The molecule has 32 heavy (non-hydrogen) atoms. The van der Waals surface area contributed by atoms with E-state index in [0.29, 0.717) is 13.0 Å². The largest absolute Gasteiger partial charge is 0.487 e. The summed E-state index contributed by atoms with van der Waals surface area (Å²) in [5.41, 5.74) is 7.43. The average molecular weight is 444 g/mol. The van der Waals surface area contributed by atoms with E-state index in [4.69, 9.17) is 4.74 Å². The maximum Gasteiger partial charge on any atom is 0.226 e. The van der Waals surface area contributed by atoms with Gasteiger partial charge in [0.25, 0.3) is 0 Å². The highest BCUT2D eigenvalue weighted by Gasteiger charge is 2.27. The zero-order valence-electron chi connectivity index (χ0n) is 18.4. The topological polar surface area (TPSA) is 64.1 Å². The second-order valence-electron chi connectivity index (χ2n) is 8.44. The first kappa shape index (κ1) is 20.6. The standard InChI is InChI=1S/C26H25N3O2S/c1-15-8-20-11-22(13-27-25(30)12-21-14-32-17(3)29-21)31-26(20)23(9-15)18-6-7-24-19(10-18)5-4-16(2)28-24/h4-10,14,22H,11-13H2,1-3H3,(H,27,30). The molecule has 2 aromatic heterocycles. The first-order chi connectivity index (χ1) is 15.4. The van der Waals surface area contributed by atoms with Crippen molar-refractivity contribution in [3.8, 4) is 16.9 Å². The van der Waals surface area contributed by atoms with Crippen molar-refractivity contribution < 1.29 is 9.53 Å². The fraction of sp³-hybridized carbons (Fsp3) is 0.269. The number of benzene rings is 2. The summed E-state index contributed by atoms with van der Waals surface area (Å²) in [5, 5.41) is 7.04. The number of rotatable bonds is 5. The monoisotopic (exact) mass is 443 g/mol. The molecule has 2 aromatic carbocycles. The van der Waals surface area contributed by atoms with Crippen LogP contribution >= 0.6 is 11.3 Å². The zero-order valence-corrected chi connectivity index (χ0v) is 19.3. The van der Waals surface area contributed by atoms with Crippen LogP contribution in [-0.4, -0.2) is 28.5 Å². The molecule has 1 aliphatic heterocycles. The van der Waals surface area contributed by atoms with Crippen LogP contribution in [0.5, 0.6) is 5.75 Å². The Bertz CT molecular complexity index is 1330. The number of pyridine rings is 1. The van der Waals surface area contributed by atoms with Crippen LogP contribution in [0.25, 0.3) is 22.0 Å². The van der Waals surface area contributed by atoms with Gasteiger partial charge in [-0.15, -0.1) is 11.3 Å². The molecule has 0 radical (unpaired) electrons. The van der Waals surface area contributed by atoms with Crippen LogP contribution in [0.15, 0.2) is 47.8 Å². The molecule has 6 heteroatoms. The predicted molar refractivity (Wildman–Crippen MR) is 128 cm³/mol. The first-order valence-corrected chi connectivity index (χ1v) is 11.7. The lowest BCUT2D eigenvalue weighted by molar-refractivity contribution is -0.120. The van der Waals surface area contributed by atoms with Crippen LogP contribution in [-0.2, 0) is 17.6 Å². The molecule has 3 heterocycles. The number of hydrogen-bond acceptors (Lipinski definition) is 5. The third-order valence-electron chi connectivity index (χ3n) is 5.72. The van der Waals surface area contributed by atoms with Gasteiger partial charge >= 0.3 is 0 Å². The van der Waals surface area contributed by atoms with Crippen molar-refractivity contribution in [2.45, 2.75) is 39.7 Å². The van der Waals surface area contributed by atoms with E-state index in [0.717, 1.165) is 50.6 Å². The van der Waals surface area contributed by atoms with Gasteiger partial charge in [0.1, 0.15) is 11.9 Å². The third kappa shape index (κ3) is 4.23. The van der Waals surface area contributed by atoms with Gasteiger partial charge in [0.05, 0.1) is 29.2 Å². The number of nitrogens with zero attached hydrogens (tertiary/aromatic N) is 2. The number of aromatic nitrogens is 2. The van der Waals surface area contributed by atoms with Gasteiger partial charge in [0, 0.05) is 28.4 Å². The van der Waals surface area contributed by atoms with Crippen LogP contribution in [0.2, 0.25) is 0 Å². The fourth-order valence-electron chi connectivity index (χ4n) is 4.26. The van der Waals surface area contributed by atoms with E-state index in [-0.39, 0.29) is 12.0 Å². The second-order valence-corrected chi connectivity index (χ2v) is 9.51. The number of nitrogens with one attached hydrogen (secondary N) is 1. The molecule has 0 fully saturated rings. The van der Waals surface area contributed by atoms with Crippen LogP contribution in [0.1, 0.15) is 27.5 Å². The Balaban J connectivity index is 1.33. The molecule has 162 valence electrons. The molecule has 1 N–H and O–H groups in total. The molecule has 1 atom stereocenters. The third-order valence-corrected chi connectivity index (χ3v) is 6.54. The predicted octanol–water partition coefficient (Wildman–Crippen LogP) is 4.95. The number of carbonyl (C=O) groups is 1. The molecule has 4 aromatic rings. The molecular weight excluding hydrogens is 418 g/mol. The SMILES string of the molecule is Cc1cc2c(c(-c3ccc4nc(C)ccc4c3)c1)OC(CNC(=O)Cc1csc(C)n1)C2. The zero-order chi connectivity index (χ0) is 22.2. The van der Waals surface area contributed by atoms with Gasteiger partial charge in [0.15, 0.2) is 0 Å². The van der Waals surface area contributed by atoms with Gasteiger partial charge in [-0.25, -0.2) is 4.98 Å². The summed E-state index contributed by atoms with van der Waals surface area (Å²) in [6.07, 6.45) is 1.02. The second kappa shape index (κ2) is 8.36. The van der Waals surface area contributed by atoms with Crippen molar-refractivity contribution in [2.24, 2.45) is 0 Å². The van der Waals surface area contributed by atoms with E-state index < -0.39 is 0 Å². The molecule has 0 aliphatic carbocycles. The average Bonchev–Trinajstić information content (AvgIpc) is 3.36. The lowest BCUT2D eigenvalue weighted by Gasteiger charge is -2.14. The van der Waals surface area contributed by atoms with Crippen molar-refractivity contribution in [3.63, 3.8) is 0 Å². The maximum atomic E-state index is 12.3. The van der Waals surface area contributed by atoms with E-state index in [1.807, 2.05) is 25.3 Å². The molecule has 5 nitrogen and oxygen atoms in total. The lowest BCUT2D eigenvalue weighted by Crippen LogP contribution is -2.35. The molecular formula is C26H25N3O2S. The van der Waals surface area contributed by atoms with Crippen molar-refractivity contribution >= 4 is 28.1 Å². The minimum absolute atomic E-state index is 0.0245. The molecule has 1 amide bonds. The molecule has 1 aliphatic rings. The quantitative estimate of drug-likeness (QED) is 0.474. The molecule has 0 spiro atoms. The number of amides is 1. The van der Waals surface area contributed by atoms with Gasteiger partial charge in [0.2, 0.25) is 5.91 Å². The highest BCUT2D eigenvalue weighted by molar-refractivity contribution is 7.09. The first-order valence-electron chi connectivity index (χ1n) is 10.8. The van der Waals surface area contributed by atoms with E-state index in [1.54, 1.807) is 11.3 Å². The van der Waals surface area contributed by atoms with Crippen molar-refractivity contribution in [1.29, 1.82) is 0 Å². The van der Waals surface area contributed by atoms with Crippen LogP contribution in [0.3, 0.4) is 0 Å². The lowest BCUT2D eigenvalue weighted by atomic mass is 9.96. The Morgan fingerprint density at radius 2 is 2.00 bits per heavy atom. The summed E-state index contributed by atoms with van der Waals surface area (Å²) in [6.45, 7) is 6.55. The summed E-state index contributed by atoms with van der Waals surface area (Å²) < 4.78 is 6.34. The Hall–Kier alpha value is -3.25. The number of aryl methyl sites for hydroxylation is 3.